The third-order valence-electron chi connectivity index (χ3n) is 6.87. The topological polar surface area (TPSA) is 81.4 Å². The van der Waals surface area contributed by atoms with Crippen LogP contribution in [-0.2, 0) is 6.42 Å². The number of allylic oxidation sites excluding steroid dienone is 2. The third-order valence-corrected chi connectivity index (χ3v) is 6.87. The maximum absolute atomic E-state index is 12.7. The maximum Gasteiger partial charge on any atom is 0.166 e. The number of carbonyl (C=O) groups is 1. The molecular formula is C33H49NO3. The zero-order valence-corrected chi connectivity index (χ0v) is 24.5. The highest BCUT2D eigenvalue weighted by molar-refractivity contribution is 6.05. The number of nitrogens with one attached hydrogen (secondary N) is 1. The number of aliphatic hydroxyl groups excluding tert-OH is 1. The third kappa shape index (κ3) is 10.7. The normalized spacial score (nSPS) is 14.2. The summed E-state index contributed by atoms with van der Waals surface area (Å²) in [6, 6.07) is 14.0. The van der Waals surface area contributed by atoms with Crippen LogP contribution in [0.3, 0.4) is 0 Å². The summed E-state index contributed by atoms with van der Waals surface area (Å²) < 4.78 is 0. The minimum Gasteiger partial charge on any atom is -0.513 e. The molecule has 1 unspecified atom stereocenters. The Kier molecular flexibility index (Phi) is 13.0. The van der Waals surface area contributed by atoms with E-state index < -0.39 is 5.60 Å². The number of benzene rings is 2. The van der Waals surface area contributed by atoms with Gasteiger partial charge < -0.3 is 15.6 Å². The van der Waals surface area contributed by atoms with Crippen molar-refractivity contribution in [3.05, 3.63) is 71.0 Å². The standard InChI is InChI=1S/C20H23NO.C8H16O.C5H10O/c1-5-15-7-6-8-18(19(15)20(22)13(2)3)17-11-9-16(10-12-17)14(4)21;1-6(7-4-5-7)8(2,3)9;1-3-4-5(2)6/h6-13,21H,5H2,1-4H3;6-7,9H,4-5H2,1-3H3;4,6H,3H2,1-2H3/b;;5-4+. The molecule has 1 atom stereocenters. The number of aliphatic hydroxyl groups is 2. The lowest BCUT2D eigenvalue weighted by atomic mass is 9.87. The molecule has 0 aromatic heterocycles. The van der Waals surface area contributed by atoms with Gasteiger partial charge in [-0.3, -0.25) is 4.79 Å². The van der Waals surface area contributed by atoms with Crippen molar-refractivity contribution in [2.24, 2.45) is 17.8 Å². The molecule has 204 valence electrons. The Bertz CT molecular complexity index is 1030. The first-order chi connectivity index (χ1) is 17.2. The molecule has 1 aliphatic carbocycles. The van der Waals surface area contributed by atoms with Crippen LogP contribution < -0.4 is 0 Å². The van der Waals surface area contributed by atoms with Gasteiger partial charge in [0.05, 0.1) is 11.4 Å². The van der Waals surface area contributed by atoms with Crippen LogP contribution in [0.1, 0.15) is 103 Å². The number of rotatable bonds is 8. The van der Waals surface area contributed by atoms with Crippen LogP contribution in [0.15, 0.2) is 54.3 Å². The van der Waals surface area contributed by atoms with Crippen molar-refractivity contribution in [2.45, 2.75) is 93.6 Å². The van der Waals surface area contributed by atoms with Gasteiger partial charge in [-0.15, -0.1) is 0 Å². The van der Waals surface area contributed by atoms with E-state index in [1.807, 2.05) is 77.1 Å². The second kappa shape index (κ2) is 14.9. The Balaban J connectivity index is 0.000000373. The molecule has 0 saturated heterocycles. The summed E-state index contributed by atoms with van der Waals surface area (Å²) in [7, 11) is 0. The van der Waals surface area contributed by atoms with Crippen LogP contribution in [0, 0.1) is 23.2 Å². The van der Waals surface area contributed by atoms with Crippen LogP contribution in [-0.4, -0.2) is 27.3 Å². The van der Waals surface area contributed by atoms with Crippen molar-refractivity contribution < 1.29 is 15.0 Å². The van der Waals surface area contributed by atoms with Gasteiger partial charge in [-0.25, -0.2) is 0 Å². The number of carbonyl (C=O) groups excluding carboxylic acids is 1. The van der Waals surface area contributed by atoms with E-state index in [1.165, 1.54) is 12.8 Å². The lowest BCUT2D eigenvalue weighted by molar-refractivity contribution is 0.0155. The molecule has 3 rings (SSSR count). The number of Topliss-reactive ketones (excluding diaryl/α,β-unsaturated/α-hetero) is 1. The van der Waals surface area contributed by atoms with Gasteiger partial charge in [0.15, 0.2) is 5.78 Å². The fourth-order valence-electron chi connectivity index (χ4n) is 4.08. The molecule has 1 fully saturated rings. The highest BCUT2D eigenvalue weighted by Crippen LogP contribution is 2.41. The molecule has 2 aromatic rings. The van der Waals surface area contributed by atoms with E-state index in [0.717, 1.165) is 46.6 Å². The fraction of sp³-hybridized carbons (Fsp3) is 0.515. The monoisotopic (exact) mass is 507 g/mol. The smallest absolute Gasteiger partial charge is 0.166 e. The second-order valence-electron chi connectivity index (χ2n) is 10.9. The number of ketones is 1. The van der Waals surface area contributed by atoms with Crippen LogP contribution in [0.2, 0.25) is 0 Å². The zero-order valence-electron chi connectivity index (χ0n) is 24.5. The lowest BCUT2D eigenvalue weighted by Gasteiger charge is -2.25. The average Bonchev–Trinajstić information content (AvgIpc) is 3.68. The Labute approximate surface area is 225 Å². The number of hydrogen-bond donors (Lipinski definition) is 3. The van der Waals surface area contributed by atoms with Crippen LogP contribution >= 0.6 is 0 Å². The van der Waals surface area contributed by atoms with Gasteiger partial charge in [-0.2, -0.15) is 0 Å². The van der Waals surface area contributed by atoms with E-state index in [2.05, 4.69) is 13.8 Å². The van der Waals surface area contributed by atoms with Gasteiger partial charge in [0.1, 0.15) is 0 Å². The van der Waals surface area contributed by atoms with Crippen molar-refractivity contribution >= 4 is 11.5 Å². The van der Waals surface area contributed by atoms with E-state index in [-0.39, 0.29) is 11.7 Å². The summed E-state index contributed by atoms with van der Waals surface area (Å²) in [5, 5.41) is 25.6. The average molecular weight is 508 g/mol. The predicted molar refractivity (Wildman–Crippen MR) is 158 cm³/mol. The summed E-state index contributed by atoms with van der Waals surface area (Å²) in [6.45, 7) is 17.3. The molecule has 4 nitrogen and oxygen atoms in total. The summed E-state index contributed by atoms with van der Waals surface area (Å²) in [5.41, 5.74) is 4.97. The second-order valence-corrected chi connectivity index (χ2v) is 10.9. The molecule has 0 bridgehead atoms. The molecule has 1 aliphatic rings. The quantitative estimate of drug-likeness (QED) is 0.190. The minimum atomic E-state index is -0.457. The molecule has 37 heavy (non-hydrogen) atoms. The predicted octanol–water partition coefficient (Wildman–Crippen LogP) is 8.80. The van der Waals surface area contributed by atoms with Crippen molar-refractivity contribution in [1.82, 2.24) is 0 Å². The minimum absolute atomic E-state index is 0.0189. The molecule has 3 N–H and O–H groups in total. The van der Waals surface area contributed by atoms with E-state index in [1.54, 1.807) is 19.9 Å². The van der Waals surface area contributed by atoms with Crippen molar-refractivity contribution in [2.75, 3.05) is 0 Å². The first-order valence-electron chi connectivity index (χ1n) is 13.6. The molecule has 0 aliphatic heterocycles. The highest BCUT2D eigenvalue weighted by Gasteiger charge is 2.36. The van der Waals surface area contributed by atoms with E-state index in [9.17, 15) is 9.90 Å². The van der Waals surface area contributed by atoms with Crippen LogP contribution in [0.4, 0.5) is 0 Å². The van der Waals surface area contributed by atoms with Crippen LogP contribution in [0.5, 0.6) is 0 Å². The van der Waals surface area contributed by atoms with Crippen molar-refractivity contribution in [3.8, 4) is 11.1 Å². The maximum atomic E-state index is 12.7. The molecule has 0 amide bonds. The molecule has 4 heteroatoms. The SMILES string of the molecule is CC(C1CC1)C(C)(C)O.CC/C=C(\C)O.CCc1cccc(-c2ccc(C(C)=N)cc2)c1C(=O)C(C)C. The van der Waals surface area contributed by atoms with Gasteiger partial charge in [0.2, 0.25) is 0 Å². The summed E-state index contributed by atoms with van der Waals surface area (Å²) in [5.74, 6) is 1.88. The Hall–Kier alpha value is -2.72. The van der Waals surface area contributed by atoms with E-state index >= 15 is 0 Å². The van der Waals surface area contributed by atoms with Gasteiger partial charge in [0, 0.05) is 17.2 Å². The van der Waals surface area contributed by atoms with Gasteiger partial charge in [0.25, 0.3) is 0 Å². The highest BCUT2D eigenvalue weighted by atomic mass is 16.3. The largest absolute Gasteiger partial charge is 0.513 e. The van der Waals surface area contributed by atoms with Gasteiger partial charge in [-0.05, 0) is 93.5 Å². The fourth-order valence-corrected chi connectivity index (χ4v) is 4.08. The molecule has 0 radical (unpaired) electrons. The lowest BCUT2D eigenvalue weighted by Crippen LogP contribution is -2.29. The zero-order chi connectivity index (χ0) is 28.3. The van der Waals surface area contributed by atoms with E-state index in [0.29, 0.717) is 17.4 Å². The summed E-state index contributed by atoms with van der Waals surface area (Å²) in [6.07, 6.45) is 6.18. The number of hydrogen-bond acceptors (Lipinski definition) is 4. The number of aryl methyl sites for hydroxylation is 1. The first kappa shape index (κ1) is 32.3. The Morgan fingerprint density at radius 1 is 1.05 bits per heavy atom. The van der Waals surface area contributed by atoms with Crippen LogP contribution in [0.25, 0.3) is 11.1 Å². The van der Waals surface area contributed by atoms with E-state index in [4.69, 9.17) is 10.5 Å². The Morgan fingerprint density at radius 2 is 1.62 bits per heavy atom. The molecule has 0 spiro atoms. The van der Waals surface area contributed by atoms with Crippen molar-refractivity contribution in [1.29, 1.82) is 5.41 Å². The molecule has 2 aromatic carbocycles. The van der Waals surface area contributed by atoms with Gasteiger partial charge in [-0.1, -0.05) is 77.1 Å². The Morgan fingerprint density at radius 3 is 1.95 bits per heavy atom. The van der Waals surface area contributed by atoms with Gasteiger partial charge >= 0.3 is 0 Å². The summed E-state index contributed by atoms with van der Waals surface area (Å²) >= 11 is 0. The molecule has 0 heterocycles. The molecular weight excluding hydrogens is 458 g/mol. The summed E-state index contributed by atoms with van der Waals surface area (Å²) in [4.78, 5) is 12.7. The first-order valence-corrected chi connectivity index (χ1v) is 13.6. The van der Waals surface area contributed by atoms with Crippen molar-refractivity contribution in [3.63, 3.8) is 0 Å². The molecule has 1 saturated carbocycles.